The Morgan fingerprint density at radius 3 is 2.69 bits per heavy atom. The zero-order valence-corrected chi connectivity index (χ0v) is 25.0. The first-order valence-corrected chi connectivity index (χ1v) is 15.0. The van der Waals surface area contributed by atoms with Crippen LogP contribution in [0.3, 0.4) is 0 Å². The Morgan fingerprint density at radius 1 is 1.16 bits per heavy atom. The molecule has 3 aromatic heterocycles. The van der Waals surface area contributed by atoms with E-state index in [2.05, 4.69) is 42.7 Å². The molecule has 45 heavy (non-hydrogen) atoms. The number of aromatic nitrogens is 4. The van der Waals surface area contributed by atoms with E-state index >= 15 is 0 Å². The Hall–Kier alpha value is -4.65. The van der Waals surface area contributed by atoms with E-state index in [1.807, 2.05) is 30.0 Å². The number of nitrogens with zero attached hydrogens (tertiary/aromatic N) is 5. The summed E-state index contributed by atoms with van der Waals surface area (Å²) >= 11 is 0. The molecule has 4 aromatic rings. The first-order valence-electron chi connectivity index (χ1n) is 15.0. The first-order chi connectivity index (χ1) is 21.6. The Morgan fingerprint density at radius 2 is 1.93 bits per heavy atom. The Bertz CT molecular complexity index is 1670. The number of benzene rings is 1. The molecule has 0 spiro atoms. The third-order valence-electron chi connectivity index (χ3n) is 8.15. The number of hydrogen-bond acceptors (Lipinski definition) is 8. The van der Waals surface area contributed by atoms with Crippen molar-refractivity contribution in [3.8, 4) is 11.5 Å². The molecule has 0 radical (unpaired) electrons. The van der Waals surface area contributed by atoms with E-state index in [0.717, 1.165) is 36.9 Å². The predicted molar refractivity (Wildman–Crippen MR) is 165 cm³/mol. The molecule has 10 nitrogen and oxygen atoms in total. The van der Waals surface area contributed by atoms with Gasteiger partial charge in [0.25, 0.3) is 0 Å². The third-order valence-corrected chi connectivity index (χ3v) is 8.15. The number of H-pyrrole nitrogens is 1. The maximum Gasteiger partial charge on any atom is 0.416 e. The highest BCUT2D eigenvalue weighted by molar-refractivity contribution is 5.93. The van der Waals surface area contributed by atoms with Crippen LogP contribution >= 0.6 is 0 Å². The van der Waals surface area contributed by atoms with Crippen molar-refractivity contribution >= 4 is 28.6 Å². The number of aromatic amines is 1. The number of hydrogen-bond donors (Lipinski definition) is 3. The van der Waals surface area contributed by atoms with Crippen LogP contribution in [-0.4, -0.2) is 74.6 Å². The molecule has 2 aliphatic rings. The number of carbonyl (C=O) groups excluding carboxylic acids is 1. The van der Waals surface area contributed by atoms with Crippen LogP contribution in [0.1, 0.15) is 43.4 Å². The summed E-state index contributed by atoms with van der Waals surface area (Å²) in [5.41, 5.74) is 0.648. The van der Waals surface area contributed by atoms with Crippen molar-refractivity contribution < 1.29 is 22.7 Å². The average molecular weight is 621 g/mol. The van der Waals surface area contributed by atoms with Crippen LogP contribution < -0.4 is 15.4 Å². The molecule has 0 bridgehead atoms. The molecule has 236 valence electrons. The van der Waals surface area contributed by atoms with Gasteiger partial charge in [0.05, 0.1) is 5.56 Å². The zero-order valence-electron chi connectivity index (χ0n) is 25.0. The maximum atomic E-state index is 13.1. The minimum atomic E-state index is -4.44. The van der Waals surface area contributed by atoms with Gasteiger partial charge in [-0.2, -0.15) is 18.3 Å². The summed E-state index contributed by atoms with van der Waals surface area (Å²) < 4.78 is 45.5. The van der Waals surface area contributed by atoms with E-state index < -0.39 is 11.7 Å². The first kappa shape index (κ1) is 30.4. The molecule has 1 aliphatic carbocycles. The van der Waals surface area contributed by atoms with Crippen LogP contribution in [0.2, 0.25) is 0 Å². The highest BCUT2D eigenvalue weighted by atomic mass is 19.4. The van der Waals surface area contributed by atoms with Gasteiger partial charge in [-0.15, -0.1) is 0 Å². The van der Waals surface area contributed by atoms with Gasteiger partial charge in [-0.1, -0.05) is 18.2 Å². The van der Waals surface area contributed by atoms with Crippen molar-refractivity contribution in [2.24, 2.45) is 0 Å². The quantitative estimate of drug-likeness (QED) is 0.175. The molecule has 1 saturated carbocycles. The molecule has 1 amide bonds. The van der Waals surface area contributed by atoms with Gasteiger partial charge in [0.2, 0.25) is 5.91 Å². The minimum Gasteiger partial charge on any atom is -0.456 e. The molecule has 3 N–H and O–H groups in total. The molecule has 4 heterocycles. The van der Waals surface area contributed by atoms with Gasteiger partial charge in [-0.25, -0.2) is 9.97 Å². The van der Waals surface area contributed by atoms with Crippen molar-refractivity contribution in [3.63, 3.8) is 0 Å². The van der Waals surface area contributed by atoms with E-state index in [1.165, 1.54) is 12.8 Å². The molecule has 2 atom stereocenters. The topological polar surface area (TPSA) is 111 Å². The van der Waals surface area contributed by atoms with Crippen molar-refractivity contribution in [1.29, 1.82) is 0 Å². The van der Waals surface area contributed by atoms with Gasteiger partial charge in [0.1, 0.15) is 22.7 Å². The number of nitrogens with one attached hydrogen (secondary N) is 3. The van der Waals surface area contributed by atoms with Crippen molar-refractivity contribution in [3.05, 3.63) is 78.1 Å². The lowest BCUT2D eigenvalue weighted by molar-refractivity contribution is -0.137. The van der Waals surface area contributed by atoms with Crippen molar-refractivity contribution in [1.82, 2.24) is 30.0 Å². The van der Waals surface area contributed by atoms with E-state index in [4.69, 9.17) is 4.74 Å². The number of likely N-dealkylation sites (tertiary alicyclic amines) is 1. The second-order valence-corrected chi connectivity index (χ2v) is 11.6. The van der Waals surface area contributed by atoms with Gasteiger partial charge < -0.3 is 20.3 Å². The van der Waals surface area contributed by atoms with Gasteiger partial charge in [0.15, 0.2) is 11.5 Å². The smallest absolute Gasteiger partial charge is 0.416 e. The highest BCUT2D eigenvalue weighted by Gasteiger charge is 2.31. The number of rotatable bonds is 11. The monoisotopic (exact) mass is 620 g/mol. The van der Waals surface area contributed by atoms with E-state index in [0.29, 0.717) is 47.5 Å². The van der Waals surface area contributed by atoms with Crippen molar-refractivity contribution in [2.45, 2.75) is 50.5 Å². The number of amides is 1. The Kier molecular flexibility index (Phi) is 8.61. The highest BCUT2D eigenvalue weighted by Crippen LogP contribution is 2.35. The number of fused-ring (bicyclic) bond motifs is 1. The number of alkyl halides is 3. The molecular weight excluding hydrogens is 585 g/mol. The van der Waals surface area contributed by atoms with Crippen LogP contribution in [-0.2, 0) is 11.0 Å². The van der Waals surface area contributed by atoms with Gasteiger partial charge in [0, 0.05) is 62.3 Å². The van der Waals surface area contributed by atoms with Crippen LogP contribution in [0.5, 0.6) is 11.5 Å². The molecule has 6 rings (SSSR count). The summed E-state index contributed by atoms with van der Waals surface area (Å²) in [7, 11) is 2.09. The fourth-order valence-electron chi connectivity index (χ4n) is 5.42. The SMILES string of the molecule is CC(Nc1cc(C(F)(F)F)ccn1)c1ccc(Oc2ccnc3[nH]nc(N[C@@H]4CCN(C(=O)/C=C/CN(C)C5CC5)C4)c23)cc1. The predicted octanol–water partition coefficient (Wildman–Crippen LogP) is 6.00. The standard InChI is InChI=1S/C32H35F3N8O2/c1-20(38-27-18-22(11-14-36-27)32(33,34)35)21-5-9-25(10-6-21)45-26-12-15-37-30-29(26)31(41-40-30)39-23-13-17-43(19-23)28(44)4-3-16-42(2)24-7-8-24/h3-6,9-12,14-15,18,20,23-24H,7-8,13,16-17,19H2,1-2H3,(H,36,38)(H2,37,39,40,41)/b4-3+/t20?,23-/m1/s1. The molecule has 1 saturated heterocycles. The number of likely N-dealkylation sites (N-methyl/N-ethyl adjacent to an activating group) is 1. The van der Waals surface area contributed by atoms with Crippen LogP contribution in [0, 0.1) is 0 Å². The molecule has 1 aromatic carbocycles. The lowest BCUT2D eigenvalue weighted by atomic mass is 10.1. The fraction of sp³-hybridized carbons (Fsp3) is 0.375. The Balaban J connectivity index is 1.08. The minimum absolute atomic E-state index is 0.0140. The van der Waals surface area contributed by atoms with Gasteiger partial charge in [-0.05, 0) is 63.1 Å². The van der Waals surface area contributed by atoms with E-state index in [9.17, 15) is 18.0 Å². The normalized spacial score (nSPS) is 17.7. The Labute approximate surface area is 258 Å². The number of ether oxygens (including phenoxy) is 1. The fourth-order valence-corrected chi connectivity index (χ4v) is 5.42. The molecule has 13 heteroatoms. The zero-order chi connectivity index (χ0) is 31.6. The van der Waals surface area contributed by atoms with Crippen LogP contribution in [0.4, 0.5) is 24.8 Å². The lowest BCUT2D eigenvalue weighted by Gasteiger charge is -2.17. The second-order valence-electron chi connectivity index (χ2n) is 11.6. The summed E-state index contributed by atoms with van der Waals surface area (Å²) in [6.45, 7) is 3.84. The summed E-state index contributed by atoms with van der Waals surface area (Å²) in [5.74, 6) is 1.87. The average Bonchev–Trinajstić information content (AvgIpc) is 3.64. The molecule has 1 aliphatic heterocycles. The molecular formula is C32H35F3N8O2. The summed E-state index contributed by atoms with van der Waals surface area (Å²) in [6, 6.07) is 11.3. The second kappa shape index (κ2) is 12.8. The van der Waals surface area contributed by atoms with Gasteiger partial charge in [-0.3, -0.25) is 14.8 Å². The number of carbonyl (C=O) groups is 1. The number of pyridine rings is 2. The summed E-state index contributed by atoms with van der Waals surface area (Å²) in [6.07, 6.45) is 5.20. The molecule has 1 unspecified atom stereocenters. The largest absolute Gasteiger partial charge is 0.456 e. The van der Waals surface area contributed by atoms with E-state index in [1.54, 1.807) is 30.5 Å². The lowest BCUT2D eigenvalue weighted by Crippen LogP contribution is -2.30. The summed E-state index contributed by atoms with van der Waals surface area (Å²) in [5, 5.41) is 14.6. The van der Waals surface area contributed by atoms with Crippen LogP contribution in [0.25, 0.3) is 11.0 Å². The van der Waals surface area contributed by atoms with E-state index in [-0.39, 0.29) is 23.8 Å². The number of halogens is 3. The van der Waals surface area contributed by atoms with Crippen molar-refractivity contribution in [2.75, 3.05) is 37.3 Å². The van der Waals surface area contributed by atoms with Gasteiger partial charge >= 0.3 is 6.18 Å². The number of anilines is 2. The molecule has 2 fully saturated rings. The van der Waals surface area contributed by atoms with Crippen LogP contribution in [0.15, 0.2) is 67.0 Å². The third kappa shape index (κ3) is 7.36. The summed E-state index contributed by atoms with van der Waals surface area (Å²) in [4.78, 5) is 25.2. The maximum absolute atomic E-state index is 13.1.